The lowest BCUT2D eigenvalue weighted by Crippen LogP contribution is -2.06. The number of benzene rings is 2. The number of fused-ring (bicyclic) bond motifs is 1. The first-order chi connectivity index (χ1) is 10.1. The van der Waals surface area contributed by atoms with Crippen molar-refractivity contribution in [1.29, 1.82) is 0 Å². The first kappa shape index (κ1) is 13.8. The summed E-state index contributed by atoms with van der Waals surface area (Å²) in [6, 6.07) is 14.2. The second kappa shape index (κ2) is 5.30. The molecule has 1 N–H and O–H groups in total. The van der Waals surface area contributed by atoms with Gasteiger partial charge < -0.3 is 5.11 Å². The van der Waals surface area contributed by atoms with E-state index in [1.54, 1.807) is 6.20 Å². The topological polar surface area (TPSA) is 33.1 Å². The molecule has 2 nitrogen and oxygen atoms in total. The Morgan fingerprint density at radius 3 is 2.43 bits per heavy atom. The molecule has 0 aliphatic carbocycles. The van der Waals surface area contributed by atoms with Gasteiger partial charge in [0.05, 0.1) is 5.69 Å². The molecule has 3 aromatic rings. The Bertz CT molecular complexity index is 803. The summed E-state index contributed by atoms with van der Waals surface area (Å²) in [5, 5.41) is 12.9. The molecule has 0 aliphatic heterocycles. The molecule has 1 atom stereocenters. The summed E-state index contributed by atoms with van der Waals surface area (Å²) in [5.74, 6) is 0. The number of nitrogens with zero attached hydrogens (tertiary/aromatic N) is 1. The Labute approximate surface area is 125 Å². The molecule has 1 aromatic heterocycles. The summed E-state index contributed by atoms with van der Waals surface area (Å²) in [6.07, 6.45) is 1.06. The maximum absolute atomic E-state index is 10.8. The van der Waals surface area contributed by atoms with Crippen LogP contribution >= 0.6 is 0 Å². The lowest BCUT2D eigenvalue weighted by Gasteiger charge is -2.17. The second-order valence-electron chi connectivity index (χ2n) is 5.61. The SMILES string of the molecule is Cc1cc(C)c(C(O)c2nccc3ccccc23)cc1C. The highest BCUT2D eigenvalue weighted by Gasteiger charge is 2.17. The minimum absolute atomic E-state index is 0.699. The molecule has 0 amide bonds. The molecule has 1 heterocycles. The van der Waals surface area contributed by atoms with Gasteiger partial charge in [-0.1, -0.05) is 36.4 Å². The maximum Gasteiger partial charge on any atom is 0.122 e. The number of aliphatic hydroxyl groups excluding tert-OH is 1. The largest absolute Gasteiger partial charge is 0.382 e. The van der Waals surface area contributed by atoms with E-state index in [1.807, 2.05) is 37.3 Å². The monoisotopic (exact) mass is 277 g/mol. The van der Waals surface area contributed by atoms with E-state index >= 15 is 0 Å². The lowest BCUT2D eigenvalue weighted by molar-refractivity contribution is 0.216. The zero-order valence-electron chi connectivity index (χ0n) is 12.6. The van der Waals surface area contributed by atoms with Crippen molar-refractivity contribution in [3.05, 3.63) is 76.6 Å². The van der Waals surface area contributed by atoms with Crippen molar-refractivity contribution in [1.82, 2.24) is 4.98 Å². The minimum Gasteiger partial charge on any atom is -0.382 e. The van der Waals surface area contributed by atoms with Crippen LogP contribution in [0.3, 0.4) is 0 Å². The van der Waals surface area contributed by atoms with Crippen LogP contribution in [-0.2, 0) is 0 Å². The van der Waals surface area contributed by atoms with Crippen LogP contribution in [0.2, 0.25) is 0 Å². The van der Waals surface area contributed by atoms with Gasteiger partial charge in [0.1, 0.15) is 6.10 Å². The van der Waals surface area contributed by atoms with E-state index in [2.05, 4.69) is 31.0 Å². The third kappa shape index (κ3) is 2.43. The van der Waals surface area contributed by atoms with E-state index < -0.39 is 6.10 Å². The number of hydrogen-bond acceptors (Lipinski definition) is 2. The number of hydrogen-bond donors (Lipinski definition) is 1. The molecule has 0 saturated heterocycles. The van der Waals surface area contributed by atoms with Gasteiger partial charge in [-0.15, -0.1) is 0 Å². The van der Waals surface area contributed by atoms with Gasteiger partial charge >= 0.3 is 0 Å². The molecule has 0 spiro atoms. The Hall–Kier alpha value is -2.19. The van der Waals surface area contributed by atoms with Gasteiger partial charge in [-0.05, 0) is 54.5 Å². The van der Waals surface area contributed by atoms with Crippen LogP contribution in [0.4, 0.5) is 0 Å². The Morgan fingerprint density at radius 2 is 1.62 bits per heavy atom. The van der Waals surface area contributed by atoms with E-state index in [0.717, 1.165) is 27.6 Å². The molecule has 0 saturated carbocycles. The van der Waals surface area contributed by atoms with Gasteiger partial charge in [-0.2, -0.15) is 0 Å². The molecule has 2 heteroatoms. The summed E-state index contributed by atoms with van der Waals surface area (Å²) < 4.78 is 0. The zero-order valence-corrected chi connectivity index (χ0v) is 12.6. The van der Waals surface area contributed by atoms with Crippen LogP contribution in [0.5, 0.6) is 0 Å². The number of aliphatic hydroxyl groups is 1. The average Bonchev–Trinajstić information content (AvgIpc) is 2.49. The van der Waals surface area contributed by atoms with Gasteiger partial charge in [0.15, 0.2) is 0 Å². The first-order valence-electron chi connectivity index (χ1n) is 7.17. The molecule has 21 heavy (non-hydrogen) atoms. The fourth-order valence-electron chi connectivity index (χ4n) is 2.79. The standard InChI is InChI=1S/C19H19NO/c1-12-10-14(3)17(11-13(12)2)19(21)18-16-7-5-4-6-15(16)8-9-20-18/h4-11,19,21H,1-3H3. The van der Waals surface area contributed by atoms with Crippen LogP contribution in [0, 0.1) is 20.8 Å². The van der Waals surface area contributed by atoms with Crippen LogP contribution in [0.25, 0.3) is 10.8 Å². The summed E-state index contributed by atoms with van der Waals surface area (Å²) in [4.78, 5) is 4.43. The van der Waals surface area contributed by atoms with E-state index in [-0.39, 0.29) is 0 Å². The van der Waals surface area contributed by atoms with Crippen molar-refractivity contribution in [3.8, 4) is 0 Å². The lowest BCUT2D eigenvalue weighted by atomic mass is 9.94. The molecule has 0 fully saturated rings. The number of rotatable bonds is 2. The number of aryl methyl sites for hydroxylation is 3. The second-order valence-corrected chi connectivity index (χ2v) is 5.61. The van der Waals surface area contributed by atoms with E-state index in [4.69, 9.17) is 0 Å². The van der Waals surface area contributed by atoms with Gasteiger partial charge in [0.25, 0.3) is 0 Å². The van der Waals surface area contributed by atoms with E-state index in [1.165, 1.54) is 11.1 Å². The third-order valence-corrected chi connectivity index (χ3v) is 4.14. The normalized spacial score (nSPS) is 12.6. The van der Waals surface area contributed by atoms with E-state index in [0.29, 0.717) is 0 Å². The average molecular weight is 277 g/mol. The highest BCUT2D eigenvalue weighted by molar-refractivity contribution is 5.84. The predicted molar refractivity (Wildman–Crippen MR) is 86.5 cm³/mol. The molecule has 0 bridgehead atoms. The van der Waals surface area contributed by atoms with Gasteiger partial charge in [0.2, 0.25) is 0 Å². The smallest absolute Gasteiger partial charge is 0.122 e. The van der Waals surface area contributed by atoms with Crippen molar-refractivity contribution < 1.29 is 5.11 Å². The van der Waals surface area contributed by atoms with Crippen LogP contribution in [0.1, 0.15) is 34.1 Å². The summed E-state index contributed by atoms with van der Waals surface area (Å²) >= 11 is 0. The fraction of sp³-hybridized carbons (Fsp3) is 0.211. The molecule has 0 aliphatic rings. The van der Waals surface area contributed by atoms with Crippen molar-refractivity contribution in [2.24, 2.45) is 0 Å². The highest BCUT2D eigenvalue weighted by atomic mass is 16.3. The molecule has 106 valence electrons. The van der Waals surface area contributed by atoms with Gasteiger partial charge in [0, 0.05) is 11.6 Å². The fourth-order valence-corrected chi connectivity index (χ4v) is 2.79. The zero-order chi connectivity index (χ0) is 15.0. The van der Waals surface area contributed by atoms with Crippen molar-refractivity contribution in [3.63, 3.8) is 0 Å². The van der Waals surface area contributed by atoms with Gasteiger partial charge in [-0.25, -0.2) is 0 Å². The molecular formula is C19H19NO. The van der Waals surface area contributed by atoms with Crippen molar-refractivity contribution in [2.75, 3.05) is 0 Å². The first-order valence-corrected chi connectivity index (χ1v) is 7.17. The predicted octanol–water partition coefficient (Wildman–Crippen LogP) is 4.24. The van der Waals surface area contributed by atoms with Crippen LogP contribution in [0.15, 0.2) is 48.7 Å². The van der Waals surface area contributed by atoms with E-state index in [9.17, 15) is 5.11 Å². The highest BCUT2D eigenvalue weighted by Crippen LogP contribution is 2.30. The number of aromatic nitrogens is 1. The summed E-state index contributed by atoms with van der Waals surface area (Å²) in [7, 11) is 0. The van der Waals surface area contributed by atoms with Crippen molar-refractivity contribution >= 4 is 10.8 Å². The molecule has 0 radical (unpaired) electrons. The Balaban J connectivity index is 2.17. The number of pyridine rings is 1. The molecular weight excluding hydrogens is 258 g/mol. The van der Waals surface area contributed by atoms with Crippen LogP contribution in [-0.4, -0.2) is 10.1 Å². The molecule has 3 rings (SSSR count). The van der Waals surface area contributed by atoms with Crippen LogP contribution < -0.4 is 0 Å². The van der Waals surface area contributed by atoms with Gasteiger partial charge in [-0.3, -0.25) is 4.98 Å². The molecule has 2 aromatic carbocycles. The molecule has 1 unspecified atom stereocenters. The maximum atomic E-state index is 10.8. The summed E-state index contributed by atoms with van der Waals surface area (Å²) in [6.45, 7) is 6.20. The third-order valence-electron chi connectivity index (χ3n) is 4.14. The Morgan fingerprint density at radius 1 is 0.905 bits per heavy atom. The van der Waals surface area contributed by atoms with Crippen molar-refractivity contribution in [2.45, 2.75) is 26.9 Å². The quantitative estimate of drug-likeness (QED) is 0.760. The minimum atomic E-state index is -0.699. The Kier molecular flexibility index (Phi) is 3.48. The summed E-state index contributed by atoms with van der Waals surface area (Å²) in [5.41, 5.74) is 5.19.